The zero-order valence-electron chi connectivity index (χ0n) is 5.36. The second-order valence-electron chi connectivity index (χ2n) is 1.45. The number of thiol groups is 1. The highest BCUT2D eigenvalue weighted by atomic mass is 35.5. The molecule has 0 bridgehead atoms. The van der Waals surface area contributed by atoms with Gasteiger partial charge in [0.2, 0.25) is 0 Å². The summed E-state index contributed by atoms with van der Waals surface area (Å²) in [6.07, 6.45) is 0. The summed E-state index contributed by atoms with van der Waals surface area (Å²) in [5, 5.41) is 0.704. The first-order chi connectivity index (χ1) is 3.80. The van der Waals surface area contributed by atoms with Gasteiger partial charge in [0.1, 0.15) is 0 Å². The molecule has 0 radical (unpaired) electrons. The molecule has 0 spiro atoms. The lowest BCUT2D eigenvalue weighted by molar-refractivity contribution is 1.11. The van der Waals surface area contributed by atoms with Gasteiger partial charge >= 0.3 is 0 Å². The van der Waals surface area contributed by atoms with E-state index in [4.69, 9.17) is 11.6 Å². The lowest BCUT2D eigenvalue weighted by atomic mass is 10.4. The molecule has 1 aromatic rings. The number of rotatable bonds is 0. The maximum absolute atomic E-state index is 5.63. The van der Waals surface area contributed by atoms with E-state index in [2.05, 4.69) is 12.6 Å². The maximum Gasteiger partial charge on any atom is 0.0539 e. The van der Waals surface area contributed by atoms with Gasteiger partial charge in [-0.15, -0.1) is 12.6 Å². The molecule has 0 fully saturated rings. The highest BCUT2D eigenvalue weighted by molar-refractivity contribution is 7.80. The molecule has 0 N–H and O–H groups in total. The van der Waals surface area contributed by atoms with Crippen LogP contribution in [-0.2, 0) is 0 Å². The van der Waals surface area contributed by atoms with Gasteiger partial charge in [-0.1, -0.05) is 23.7 Å². The van der Waals surface area contributed by atoms with Crippen LogP contribution in [0.4, 0.5) is 14.1 Å². The van der Waals surface area contributed by atoms with Crippen molar-refractivity contribution in [2.75, 3.05) is 0 Å². The quantitative estimate of drug-likeness (QED) is 0.617. The average molecular weight is 205 g/mol. The lowest BCUT2D eigenvalue weighted by Crippen LogP contribution is -1.63. The van der Waals surface area contributed by atoms with Gasteiger partial charge in [-0.25, -0.2) is 0 Å². The van der Waals surface area contributed by atoms with Gasteiger partial charge in [0.25, 0.3) is 0 Å². The highest BCUT2D eigenvalue weighted by Crippen LogP contribution is 2.17. The summed E-state index contributed by atoms with van der Waals surface area (Å²) in [6, 6.07) is 7.44. The number of hydrogen-bond acceptors (Lipinski definition) is 1. The topological polar surface area (TPSA) is 0 Å². The Hall–Kier alpha value is -0.350. The van der Waals surface area contributed by atoms with E-state index < -0.39 is 0 Å². The smallest absolute Gasteiger partial charge is 0.0539 e. The molecular weight excluding hydrogens is 197 g/mol. The van der Waals surface area contributed by atoms with Crippen molar-refractivity contribution in [3.05, 3.63) is 29.3 Å². The summed E-state index contributed by atoms with van der Waals surface area (Å²) < 4.78 is 0. The lowest BCUT2D eigenvalue weighted by Gasteiger charge is -1.90. The molecular formula is C6H8ClF3S. The van der Waals surface area contributed by atoms with Crippen molar-refractivity contribution in [3.63, 3.8) is 0 Å². The largest absolute Gasteiger partial charge is 0.269 e. The van der Waals surface area contributed by atoms with E-state index in [1.165, 1.54) is 0 Å². The minimum Gasteiger partial charge on any atom is -0.269 e. The summed E-state index contributed by atoms with van der Waals surface area (Å²) in [5.74, 6) is 0. The van der Waals surface area contributed by atoms with Crippen LogP contribution < -0.4 is 0 Å². The molecule has 11 heavy (non-hydrogen) atoms. The number of benzene rings is 1. The molecule has 0 aliphatic rings. The van der Waals surface area contributed by atoms with Gasteiger partial charge in [0.05, 0.1) is 5.02 Å². The summed E-state index contributed by atoms with van der Waals surface area (Å²) in [7, 11) is 0. The highest BCUT2D eigenvalue weighted by Gasteiger charge is 1.87. The predicted octanol–water partition coefficient (Wildman–Crippen LogP) is 3.09. The molecule has 0 nitrogen and oxygen atoms in total. The summed E-state index contributed by atoms with van der Waals surface area (Å²) in [6.45, 7) is 0. The van der Waals surface area contributed by atoms with Crippen LogP contribution in [0, 0.1) is 0 Å². The molecule has 1 rings (SSSR count). The van der Waals surface area contributed by atoms with Crippen molar-refractivity contribution in [1.82, 2.24) is 0 Å². The first-order valence-electron chi connectivity index (χ1n) is 2.24. The summed E-state index contributed by atoms with van der Waals surface area (Å²) >= 11 is 9.70. The molecule has 0 aromatic heterocycles. The molecule has 0 aliphatic heterocycles. The van der Waals surface area contributed by atoms with Crippen molar-refractivity contribution < 1.29 is 14.1 Å². The predicted molar refractivity (Wildman–Crippen MR) is 46.2 cm³/mol. The van der Waals surface area contributed by atoms with Gasteiger partial charge < -0.3 is 0 Å². The van der Waals surface area contributed by atoms with Gasteiger partial charge in [-0.05, 0) is 12.1 Å². The second kappa shape index (κ2) is 7.75. The Balaban J connectivity index is -0.000000213. The summed E-state index contributed by atoms with van der Waals surface area (Å²) in [4.78, 5) is 0.828. The Kier molecular flexibility index (Phi) is 11.9. The Morgan fingerprint density at radius 1 is 1.00 bits per heavy atom. The third kappa shape index (κ3) is 4.98. The minimum atomic E-state index is 0. The van der Waals surface area contributed by atoms with Crippen LogP contribution in [0.1, 0.15) is 0 Å². The van der Waals surface area contributed by atoms with Crippen molar-refractivity contribution in [2.24, 2.45) is 0 Å². The number of halogens is 4. The molecule has 5 heteroatoms. The first kappa shape index (κ1) is 16.9. The van der Waals surface area contributed by atoms with Crippen molar-refractivity contribution in [1.29, 1.82) is 0 Å². The van der Waals surface area contributed by atoms with E-state index in [1.54, 1.807) is 0 Å². The first-order valence-corrected chi connectivity index (χ1v) is 3.07. The summed E-state index contributed by atoms with van der Waals surface area (Å²) in [5.41, 5.74) is 0. The van der Waals surface area contributed by atoms with Crippen LogP contribution in [0.25, 0.3) is 0 Å². The fourth-order valence-electron chi connectivity index (χ4n) is 0.452. The Morgan fingerprint density at radius 2 is 1.45 bits per heavy atom. The van der Waals surface area contributed by atoms with Crippen LogP contribution in [0.3, 0.4) is 0 Å². The average Bonchev–Trinajstić information content (AvgIpc) is 1.77. The van der Waals surface area contributed by atoms with Gasteiger partial charge in [0.15, 0.2) is 0 Å². The Labute approximate surface area is 73.1 Å². The molecule has 1 aromatic carbocycles. The van der Waals surface area contributed by atoms with Crippen molar-refractivity contribution >= 4 is 24.2 Å². The Bertz CT molecular complexity index is 174. The third-order valence-electron chi connectivity index (χ3n) is 0.852. The fourth-order valence-corrected chi connectivity index (χ4v) is 0.748. The molecule has 0 atom stereocenters. The van der Waals surface area contributed by atoms with E-state index in [9.17, 15) is 0 Å². The van der Waals surface area contributed by atoms with Crippen LogP contribution in [0.2, 0.25) is 5.02 Å². The molecule has 0 aliphatic carbocycles. The molecule has 0 saturated heterocycles. The molecule has 66 valence electrons. The SMILES string of the molecule is F.F.F.Sc1ccccc1Cl. The van der Waals surface area contributed by atoms with Crippen LogP contribution in [0.5, 0.6) is 0 Å². The minimum absolute atomic E-state index is 0. The van der Waals surface area contributed by atoms with E-state index in [0.717, 1.165) is 4.90 Å². The van der Waals surface area contributed by atoms with Crippen LogP contribution >= 0.6 is 24.2 Å². The zero-order chi connectivity index (χ0) is 5.98. The monoisotopic (exact) mass is 204 g/mol. The maximum atomic E-state index is 5.63. The standard InChI is InChI=1S/C6H5ClS.3FH/c7-5-3-1-2-4-6(5)8;;;/h1-4,8H;3*1H. The van der Waals surface area contributed by atoms with Crippen molar-refractivity contribution in [3.8, 4) is 0 Å². The number of hydrogen-bond donors (Lipinski definition) is 1. The van der Waals surface area contributed by atoms with E-state index in [1.807, 2.05) is 24.3 Å². The third-order valence-corrected chi connectivity index (χ3v) is 1.70. The second-order valence-corrected chi connectivity index (χ2v) is 2.34. The molecule has 0 unspecified atom stereocenters. The fraction of sp³-hybridized carbons (Fsp3) is 0. The van der Waals surface area contributed by atoms with Gasteiger partial charge in [0, 0.05) is 4.90 Å². The van der Waals surface area contributed by atoms with E-state index >= 15 is 0 Å². The van der Waals surface area contributed by atoms with Gasteiger partial charge in [-0.2, -0.15) is 0 Å². The molecule has 0 heterocycles. The van der Waals surface area contributed by atoms with E-state index in [-0.39, 0.29) is 14.1 Å². The normalized spacial score (nSPS) is 6.73. The molecule has 0 amide bonds. The molecule has 0 saturated carbocycles. The zero-order valence-corrected chi connectivity index (χ0v) is 7.01. The van der Waals surface area contributed by atoms with E-state index in [0.29, 0.717) is 5.02 Å². The van der Waals surface area contributed by atoms with Gasteiger partial charge in [-0.3, -0.25) is 14.1 Å². The Morgan fingerprint density at radius 3 is 1.73 bits per heavy atom. The van der Waals surface area contributed by atoms with Crippen LogP contribution in [-0.4, -0.2) is 0 Å². The van der Waals surface area contributed by atoms with Crippen molar-refractivity contribution in [2.45, 2.75) is 4.90 Å². The van der Waals surface area contributed by atoms with Crippen LogP contribution in [0.15, 0.2) is 29.2 Å².